The molecule has 1 aliphatic heterocycles. The summed E-state index contributed by atoms with van der Waals surface area (Å²) in [6.07, 6.45) is 4.24. The van der Waals surface area contributed by atoms with Crippen molar-refractivity contribution < 1.29 is 8.42 Å². The summed E-state index contributed by atoms with van der Waals surface area (Å²) in [4.78, 5) is 0. The number of aromatic nitrogens is 2. The number of hydrogen-bond acceptors (Lipinski definition) is 4. The number of rotatable bonds is 3. The van der Waals surface area contributed by atoms with Crippen LogP contribution in [0.4, 0.5) is 5.82 Å². The Morgan fingerprint density at radius 2 is 2.26 bits per heavy atom. The van der Waals surface area contributed by atoms with Gasteiger partial charge in [-0.1, -0.05) is 6.42 Å². The van der Waals surface area contributed by atoms with Gasteiger partial charge in [-0.05, 0) is 19.8 Å². The fourth-order valence-corrected chi connectivity index (χ4v) is 3.72. The van der Waals surface area contributed by atoms with E-state index in [0.717, 1.165) is 19.3 Å². The lowest BCUT2D eigenvalue weighted by atomic mass is 10.1. The summed E-state index contributed by atoms with van der Waals surface area (Å²) in [6.45, 7) is 2.40. The predicted octanol–water partition coefficient (Wildman–Crippen LogP) is 0.823. The summed E-state index contributed by atoms with van der Waals surface area (Å²) in [5.41, 5.74) is 0.218. The Morgan fingerprint density at radius 1 is 1.53 bits per heavy atom. The Balaban J connectivity index is 2.23. The molecule has 1 aromatic heterocycles. The fraction of sp³-hybridized carbons (Fsp3) is 0.636. The zero-order valence-electron chi connectivity index (χ0n) is 11.0. The van der Waals surface area contributed by atoms with Crippen LogP contribution in [0.2, 0.25) is 0 Å². The molecule has 0 saturated carbocycles. The molecule has 1 unspecified atom stereocenters. The molecule has 0 radical (unpaired) electrons. The first-order valence-corrected chi connectivity index (χ1v) is 7.61. The highest BCUT2D eigenvalue weighted by Gasteiger charge is 2.30. The summed E-state index contributed by atoms with van der Waals surface area (Å²) in [7, 11) is -2.01. The summed E-state index contributed by atoms with van der Waals surface area (Å²) < 4.78 is 29.8. The van der Waals surface area contributed by atoms with Crippen molar-refractivity contribution >= 4 is 16.0 Å². The van der Waals surface area contributed by atoms with Gasteiger partial charge in [-0.3, -0.25) is 9.40 Å². The molecule has 1 saturated heterocycles. The van der Waals surface area contributed by atoms with E-state index < -0.39 is 10.2 Å². The molecule has 8 heteroatoms. The number of piperidine rings is 1. The monoisotopic (exact) mass is 283 g/mol. The molecule has 1 fully saturated rings. The maximum Gasteiger partial charge on any atom is 0.303 e. The topological polar surface area (TPSA) is 91.0 Å². The molecule has 1 aliphatic rings. The van der Waals surface area contributed by atoms with Crippen LogP contribution >= 0.6 is 0 Å². The maximum absolute atomic E-state index is 12.3. The summed E-state index contributed by atoms with van der Waals surface area (Å²) in [5.74, 6) is 0.0859. The highest BCUT2D eigenvalue weighted by molar-refractivity contribution is 7.90. The van der Waals surface area contributed by atoms with Crippen LogP contribution in [-0.2, 0) is 17.3 Å². The Labute approximate surface area is 113 Å². The van der Waals surface area contributed by atoms with E-state index in [1.807, 2.05) is 13.0 Å². The molecule has 104 valence electrons. The maximum atomic E-state index is 12.3. The zero-order valence-corrected chi connectivity index (χ0v) is 11.8. The van der Waals surface area contributed by atoms with E-state index in [1.54, 1.807) is 7.05 Å². The largest absolute Gasteiger partial charge is 0.303 e. The summed E-state index contributed by atoms with van der Waals surface area (Å²) in [5, 5.41) is 12.9. The number of hydrogen-bond donors (Lipinski definition) is 1. The average Bonchev–Trinajstić information content (AvgIpc) is 2.69. The molecule has 7 nitrogen and oxygen atoms in total. The van der Waals surface area contributed by atoms with Gasteiger partial charge in [0.25, 0.3) is 0 Å². The first-order chi connectivity index (χ1) is 8.94. The smallest absolute Gasteiger partial charge is 0.272 e. The molecule has 0 bridgehead atoms. The quantitative estimate of drug-likeness (QED) is 0.889. The minimum Gasteiger partial charge on any atom is -0.272 e. The van der Waals surface area contributed by atoms with Gasteiger partial charge in [0.05, 0.1) is 0 Å². The van der Waals surface area contributed by atoms with Crippen molar-refractivity contribution in [3.63, 3.8) is 0 Å². The minimum atomic E-state index is -3.65. The van der Waals surface area contributed by atoms with Crippen molar-refractivity contribution in [2.24, 2.45) is 7.05 Å². The number of nitrogens with one attached hydrogen (secondary N) is 1. The third-order valence-corrected chi connectivity index (χ3v) is 4.84. The average molecular weight is 283 g/mol. The van der Waals surface area contributed by atoms with Gasteiger partial charge < -0.3 is 0 Å². The zero-order chi connectivity index (χ0) is 14.0. The minimum absolute atomic E-state index is 0.0273. The lowest BCUT2D eigenvalue weighted by Crippen LogP contribution is -2.45. The van der Waals surface area contributed by atoms with E-state index in [4.69, 9.17) is 5.26 Å². The van der Waals surface area contributed by atoms with Gasteiger partial charge in [0, 0.05) is 25.8 Å². The molecule has 0 aliphatic carbocycles. The van der Waals surface area contributed by atoms with Crippen LogP contribution in [0.1, 0.15) is 31.7 Å². The highest BCUT2D eigenvalue weighted by atomic mass is 32.2. The Morgan fingerprint density at radius 3 is 2.89 bits per heavy atom. The van der Waals surface area contributed by atoms with E-state index in [0.29, 0.717) is 6.54 Å². The second-order valence-electron chi connectivity index (χ2n) is 4.74. The van der Waals surface area contributed by atoms with E-state index >= 15 is 0 Å². The fourth-order valence-electron chi connectivity index (χ4n) is 2.26. The lowest BCUT2D eigenvalue weighted by molar-refractivity contribution is 0.270. The SMILES string of the molecule is CC1CCCCN1S(=O)(=O)Nc1nn(C)cc1C#N. The predicted molar refractivity (Wildman–Crippen MR) is 70.5 cm³/mol. The van der Waals surface area contributed by atoms with Crippen molar-refractivity contribution in [1.82, 2.24) is 14.1 Å². The van der Waals surface area contributed by atoms with Gasteiger partial charge in [0.1, 0.15) is 11.6 Å². The molecule has 1 N–H and O–H groups in total. The van der Waals surface area contributed by atoms with Gasteiger partial charge in [0.2, 0.25) is 0 Å². The van der Waals surface area contributed by atoms with Gasteiger partial charge in [-0.25, -0.2) is 0 Å². The standard InChI is InChI=1S/C11H17N5O2S/c1-9-5-3-4-6-16(9)19(17,18)14-11-10(7-12)8-15(2)13-11/h8-9H,3-6H2,1-2H3,(H,13,14). The normalized spacial score (nSPS) is 21.0. The van der Waals surface area contributed by atoms with Crippen molar-refractivity contribution in [2.75, 3.05) is 11.3 Å². The molecule has 2 rings (SSSR count). The van der Waals surface area contributed by atoms with Crippen LogP contribution in [0.15, 0.2) is 6.20 Å². The molecular formula is C11H17N5O2S. The first kappa shape index (κ1) is 13.8. The second kappa shape index (κ2) is 5.19. The highest BCUT2D eigenvalue weighted by Crippen LogP contribution is 2.22. The van der Waals surface area contributed by atoms with E-state index in [1.165, 1.54) is 15.2 Å². The Bertz CT molecular complexity index is 601. The number of aryl methyl sites for hydroxylation is 1. The van der Waals surface area contributed by atoms with Crippen LogP contribution in [0, 0.1) is 11.3 Å². The third kappa shape index (κ3) is 2.88. The van der Waals surface area contributed by atoms with Gasteiger partial charge in [-0.15, -0.1) is 0 Å². The van der Waals surface area contributed by atoms with Gasteiger partial charge >= 0.3 is 10.2 Å². The Hall–Kier alpha value is -1.59. The van der Waals surface area contributed by atoms with Crippen LogP contribution in [-0.4, -0.2) is 35.1 Å². The molecule has 0 spiro atoms. The van der Waals surface area contributed by atoms with Crippen LogP contribution < -0.4 is 4.72 Å². The van der Waals surface area contributed by atoms with E-state index in [2.05, 4.69) is 9.82 Å². The molecule has 0 amide bonds. The summed E-state index contributed by atoms with van der Waals surface area (Å²) in [6, 6.07) is 1.90. The van der Waals surface area contributed by atoms with Gasteiger partial charge in [-0.2, -0.15) is 23.1 Å². The van der Waals surface area contributed by atoms with Crippen molar-refractivity contribution in [1.29, 1.82) is 5.26 Å². The molecule has 0 aromatic carbocycles. The first-order valence-electron chi connectivity index (χ1n) is 6.17. The van der Waals surface area contributed by atoms with Crippen molar-refractivity contribution in [3.05, 3.63) is 11.8 Å². The lowest BCUT2D eigenvalue weighted by Gasteiger charge is -2.31. The van der Waals surface area contributed by atoms with Crippen molar-refractivity contribution in [3.8, 4) is 6.07 Å². The molecule has 1 aromatic rings. The molecule has 2 heterocycles. The molecule has 19 heavy (non-hydrogen) atoms. The van der Waals surface area contributed by atoms with Gasteiger partial charge in [0.15, 0.2) is 5.82 Å². The van der Waals surface area contributed by atoms with Crippen LogP contribution in [0.3, 0.4) is 0 Å². The Kier molecular flexibility index (Phi) is 3.78. The van der Waals surface area contributed by atoms with E-state index in [9.17, 15) is 8.42 Å². The second-order valence-corrected chi connectivity index (χ2v) is 6.36. The molecule has 1 atom stereocenters. The third-order valence-electron chi connectivity index (χ3n) is 3.23. The number of nitriles is 1. The number of anilines is 1. The molecular weight excluding hydrogens is 266 g/mol. The van der Waals surface area contributed by atoms with E-state index in [-0.39, 0.29) is 17.4 Å². The van der Waals surface area contributed by atoms with Crippen LogP contribution in [0.25, 0.3) is 0 Å². The van der Waals surface area contributed by atoms with Crippen molar-refractivity contribution in [2.45, 2.75) is 32.2 Å². The van der Waals surface area contributed by atoms with Crippen LogP contribution in [0.5, 0.6) is 0 Å². The number of nitrogens with zero attached hydrogens (tertiary/aromatic N) is 4. The summed E-state index contributed by atoms with van der Waals surface area (Å²) >= 11 is 0.